The molecule has 0 amide bonds. The van der Waals surface area contributed by atoms with E-state index in [0.29, 0.717) is 17.5 Å². The number of aliphatic hydroxyl groups excluding tert-OH is 1. The quantitative estimate of drug-likeness (QED) is 0.296. The molecular weight excluding hydrogens is 398 g/mol. The lowest BCUT2D eigenvalue weighted by Gasteiger charge is -2.15. The number of ketones is 1. The molecule has 180 valence electrons. The molecule has 0 aliphatic heterocycles. The maximum Gasteiger partial charge on any atom is 0.299 e. The summed E-state index contributed by atoms with van der Waals surface area (Å²) in [5.41, 5.74) is 0. The Labute approximate surface area is 189 Å². The Kier molecular flexibility index (Phi) is 21.8. The number of carbonyl (C=O) groups is 1. The molecule has 1 N–H and O–H groups in total. The van der Waals surface area contributed by atoms with Gasteiger partial charge in [0.2, 0.25) is 0 Å². The summed E-state index contributed by atoms with van der Waals surface area (Å²) in [6.07, 6.45) is 21.4. The van der Waals surface area contributed by atoms with Crippen LogP contribution in [0.1, 0.15) is 85.5 Å². The highest BCUT2D eigenvalue weighted by molar-refractivity contribution is 5.75. The number of allylic oxidation sites excluding steroid dienone is 6. The number of Topliss-reactive ketones (excluding diaryl/α,β-unsaturated/α-hetero) is 1. The number of unbranched alkanes of at least 4 members (excludes halogenated alkanes) is 1. The zero-order valence-electron chi connectivity index (χ0n) is 20.2. The third-order valence-corrected chi connectivity index (χ3v) is 4.54. The number of ether oxygens (including phenoxy) is 1. The highest BCUT2D eigenvalue weighted by Gasteiger charge is 2.27. The average molecular weight is 443 g/mol. The first kappa shape index (κ1) is 31.4. The number of hydrogen-bond donors (Lipinski definition) is 1. The first-order chi connectivity index (χ1) is 14.9. The molecule has 5 heteroatoms. The van der Waals surface area contributed by atoms with Crippen molar-refractivity contribution in [3.05, 3.63) is 48.3 Å². The van der Waals surface area contributed by atoms with Gasteiger partial charge in [0, 0.05) is 13.5 Å². The van der Waals surface area contributed by atoms with Gasteiger partial charge in [-0.1, -0.05) is 51.0 Å². The number of halogens is 2. The van der Waals surface area contributed by atoms with Crippen molar-refractivity contribution < 1.29 is 23.4 Å². The van der Waals surface area contributed by atoms with E-state index in [1.807, 2.05) is 39.0 Å². The largest absolute Gasteiger partial charge is 0.487 e. The third kappa shape index (κ3) is 19.9. The molecule has 0 heterocycles. The summed E-state index contributed by atoms with van der Waals surface area (Å²) in [4.78, 5) is 10.4. The second-order valence-corrected chi connectivity index (χ2v) is 7.20. The van der Waals surface area contributed by atoms with Crippen molar-refractivity contribution in [2.75, 3.05) is 13.7 Å². The van der Waals surface area contributed by atoms with E-state index in [0.717, 1.165) is 71.0 Å². The molecule has 1 saturated carbocycles. The van der Waals surface area contributed by atoms with E-state index < -0.39 is 12.5 Å². The fourth-order valence-corrected chi connectivity index (χ4v) is 2.99. The Balaban J connectivity index is 0. The molecule has 1 fully saturated rings. The van der Waals surface area contributed by atoms with Crippen LogP contribution in [0.15, 0.2) is 48.3 Å². The van der Waals surface area contributed by atoms with Gasteiger partial charge in [-0.2, -0.15) is 8.78 Å². The van der Waals surface area contributed by atoms with Crippen LogP contribution in [0.3, 0.4) is 0 Å². The fourth-order valence-electron chi connectivity index (χ4n) is 2.99. The van der Waals surface area contributed by atoms with Crippen LogP contribution in [0.5, 0.6) is 0 Å². The number of rotatable bonds is 9. The Morgan fingerprint density at radius 1 is 1.23 bits per heavy atom. The van der Waals surface area contributed by atoms with Crippen LogP contribution in [0, 0.1) is 5.92 Å². The maximum absolute atomic E-state index is 13.6. The van der Waals surface area contributed by atoms with Crippen molar-refractivity contribution in [3.8, 4) is 0 Å². The molecule has 31 heavy (non-hydrogen) atoms. The first-order valence-corrected chi connectivity index (χ1v) is 11.5. The van der Waals surface area contributed by atoms with Crippen LogP contribution in [0.4, 0.5) is 8.78 Å². The van der Waals surface area contributed by atoms with Crippen molar-refractivity contribution in [2.45, 2.75) is 91.4 Å². The van der Waals surface area contributed by atoms with Gasteiger partial charge in [0.1, 0.15) is 11.5 Å². The summed E-state index contributed by atoms with van der Waals surface area (Å²) >= 11 is 0. The molecule has 2 aliphatic carbocycles. The summed E-state index contributed by atoms with van der Waals surface area (Å²) in [6.45, 7) is 7.07. The van der Waals surface area contributed by atoms with Crippen LogP contribution >= 0.6 is 0 Å². The average Bonchev–Trinajstić information content (AvgIpc) is 3.32. The molecule has 0 saturated heterocycles. The molecular formula is C26H44F2O3. The van der Waals surface area contributed by atoms with E-state index in [-0.39, 0.29) is 0 Å². The van der Waals surface area contributed by atoms with Gasteiger partial charge in [-0.15, -0.1) is 0 Å². The third-order valence-electron chi connectivity index (χ3n) is 4.54. The van der Waals surface area contributed by atoms with Crippen molar-refractivity contribution in [2.24, 2.45) is 5.92 Å². The molecule has 3 nitrogen and oxygen atoms in total. The molecule has 0 bridgehead atoms. The van der Waals surface area contributed by atoms with Gasteiger partial charge in [0.25, 0.3) is 5.92 Å². The molecule has 0 spiro atoms. The smallest absolute Gasteiger partial charge is 0.299 e. The van der Waals surface area contributed by atoms with Crippen molar-refractivity contribution >= 4 is 5.78 Å². The SMILES string of the molecule is C/C=C\CCCC(C)=O.CC.CO.FC(F)(/C=C/C1CCCC1)COC1=CCCC=C1. The Morgan fingerprint density at radius 2 is 1.87 bits per heavy atom. The molecule has 0 radical (unpaired) electrons. The summed E-state index contributed by atoms with van der Waals surface area (Å²) < 4.78 is 32.3. The molecule has 0 aromatic carbocycles. The van der Waals surface area contributed by atoms with Gasteiger partial charge in [0.05, 0.1) is 0 Å². The predicted molar refractivity (Wildman–Crippen MR) is 127 cm³/mol. The number of aliphatic hydroxyl groups is 1. The summed E-state index contributed by atoms with van der Waals surface area (Å²) in [5, 5.41) is 7.00. The van der Waals surface area contributed by atoms with Gasteiger partial charge in [-0.05, 0) is 76.5 Å². The Morgan fingerprint density at radius 3 is 2.39 bits per heavy atom. The molecule has 0 aromatic rings. The van der Waals surface area contributed by atoms with Crippen LogP contribution in [0.25, 0.3) is 0 Å². The maximum atomic E-state index is 13.6. The zero-order valence-corrected chi connectivity index (χ0v) is 20.2. The van der Waals surface area contributed by atoms with Crippen LogP contribution in [-0.2, 0) is 9.53 Å². The van der Waals surface area contributed by atoms with Gasteiger partial charge in [-0.3, -0.25) is 0 Å². The van der Waals surface area contributed by atoms with Crippen LogP contribution < -0.4 is 0 Å². The molecule has 2 aliphatic rings. The number of hydrogen-bond acceptors (Lipinski definition) is 3. The molecule has 0 unspecified atom stereocenters. The Hall–Kier alpha value is -1.75. The molecule has 2 rings (SSSR count). The van der Waals surface area contributed by atoms with Crippen molar-refractivity contribution in [3.63, 3.8) is 0 Å². The number of carbonyl (C=O) groups excluding carboxylic acids is 1. The second-order valence-electron chi connectivity index (χ2n) is 7.20. The van der Waals surface area contributed by atoms with Crippen LogP contribution in [-0.4, -0.2) is 30.5 Å². The van der Waals surface area contributed by atoms with Gasteiger partial charge in [0.15, 0.2) is 6.61 Å². The first-order valence-electron chi connectivity index (χ1n) is 11.5. The van der Waals surface area contributed by atoms with Crippen LogP contribution in [0.2, 0.25) is 0 Å². The van der Waals surface area contributed by atoms with E-state index in [1.54, 1.807) is 19.1 Å². The summed E-state index contributed by atoms with van der Waals surface area (Å²) in [5.74, 6) is -1.67. The lowest BCUT2D eigenvalue weighted by molar-refractivity contribution is -0.117. The predicted octanol–water partition coefficient (Wildman–Crippen LogP) is 7.58. The molecule has 0 aromatic heterocycles. The highest BCUT2D eigenvalue weighted by atomic mass is 19.3. The highest BCUT2D eigenvalue weighted by Crippen LogP contribution is 2.28. The van der Waals surface area contributed by atoms with Gasteiger partial charge >= 0.3 is 0 Å². The normalized spacial score (nSPS) is 15.9. The van der Waals surface area contributed by atoms with Crippen molar-refractivity contribution in [1.29, 1.82) is 0 Å². The van der Waals surface area contributed by atoms with Gasteiger partial charge in [-0.25, -0.2) is 0 Å². The monoisotopic (exact) mass is 442 g/mol. The standard InChI is InChI=1S/C15H20F2O.C8H14O.C2H6.CH4O/c16-15(17,11-10-13-6-4-5-7-13)12-18-14-8-2-1-3-9-14;1-3-4-5-6-7-8(2)9;2*1-2/h2,8-11,13H,1,3-7,12H2;3-4H,5-7H2,1-2H3;1-2H3;2H,1H3/b11-10+;4-3-;;. The minimum atomic E-state index is -2.87. The lowest BCUT2D eigenvalue weighted by atomic mass is 10.1. The fraction of sp³-hybridized carbons (Fsp3) is 0.654. The Bertz CT molecular complexity index is 543. The minimum Gasteiger partial charge on any atom is -0.487 e. The lowest BCUT2D eigenvalue weighted by Crippen LogP contribution is -2.20. The minimum absolute atomic E-state index is 0.291. The number of alkyl halides is 2. The van der Waals surface area contributed by atoms with E-state index >= 15 is 0 Å². The van der Waals surface area contributed by atoms with E-state index in [9.17, 15) is 13.6 Å². The second kappa shape index (κ2) is 21.5. The summed E-state index contributed by atoms with van der Waals surface area (Å²) in [6, 6.07) is 0. The van der Waals surface area contributed by atoms with E-state index in [2.05, 4.69) is 6.08 Å². The zero-order chi connectivity index (χ0) is 24.0. The van der Waals surface area contributed by atoms with Crippen molar-refractivity contribution in [1.82, 2.24) is 0 Å². The van der Waals surface area contributed by atoms with E-state index in [4.69, 9.17) is 9.84 Å². The van der Waals surface area contributed by atoms with E-state index in [1.165, 1.54) is 0 Å². The topological polar surface area (TPSA) is 46.5 Å². The van der Waals surface area contributed by atoms with Gasteiger partial charge < -0.3 is 14.6 Å². The molecule has 0 atom stereocenters. The summed E-state index contributed by atoms with van der Waals surface area (Å²) in [7, 11) is 1.00.